The maximum atomic E-state index is 10.7. The molecule has 0 bridgehead atoms. The van der Waals surface area contributed by atoms with Crippen LogP contribution in [-0.4, -0.2) is 41.3 Å². The maximum absolute atomic E-state index is 10.7. The van der Waals surface area contributed by atoms with E-state index < -0.39 is 5.60 Å². The standard InChI is InChI=1S/C17H27N3O3/c1-13(2)17(3,21)12-18-14-8-10-19(11-9-14)15-4-6-16(7-5-15)20(22)23/h4-7,13-14,18,21H,8-12H2,1-3H3. The first kappa shape index (κ1) is 17.7. The molecule has 0 aliphatic carbocycles. The molecule has 1 unspecified atom stereocenters. The Morgan fingerprint density at radius 2 is 1.91 bits per heavy atom. The smallest absolute Gasteiger partial charge is 0.269 e. The van der Waals surface area contributed by atoms with E-state index in [0.29, 0.717) is 12.6 Å². The minimum atomic E-state index is -0.685. The summed E-state index contributed by atoms with van der Waals surface area (Å²) in [4.78, 5) is 12.6. The van der Waals surface area contributed by atoms with Crippen LogP contribution in [0.25, 0.3) is 0 Å². The Hall–Kier alpha value is -1.66. The fourth-order valence-corrected chi connectivity index (χ4v) is 2.68. The van der Waals surface area contributed by atoms with Crippen molar-refractivity contribution in [2.75, 3.05) is 24.5 Å². The van der Waals surface area contributed by atoms with E-state index in [0.717, 1.165) is 31.6 Å². The average Bonchev–Trinajstić information content (AvgIpc) is 2.53. The third kappa shape index (κ3) is 4.65. The van der Waals surface area contributed by atoms with Gasteiger partial charge in [-0.25, -0.2) is 0 Å². The minimum Gasteiger partial charge on any atom is -0.389 e. The molecule has 0 radical (unpaired) electrons. The molecule has 1 heterocycles. The van der Waals surface area contributed by atoms with Crippen molar-refractivity contribution in [2.24, 2.45) is 5.92 Å². The molecule has 0 aromatic heterocycles. The van der Waals surface area contributed by atoms with Crippen molar-refractivity contribution >= 4 is 11.4 Å². The van der Waals surface area contributed by atoms with Gasteiger partial charge in [-0.3, -0.25) is 10.1 Å². The van der Waals surface area contributed by atoms with E-state index in [1.54, 1.807) is 12.1 Å². The molecule has 23 heavy (non-hydrogen) atoms. The number of nitrogens with one attached hydrogen (secondary N) is 1. The Bertz CT molecular complexity index is 520. The lowest BCUT2D eigenvalue weighted by Gasteiger charge is -2.36. The van der Waals surface area contributed by atoms with Gasteiger partial charge >= 0.3 is 0 Å². The third-order valence-corrected chi connectivity index (χ3v) is 4.91. The van der Waals surface area contributed by atoms with Gasteiger partial charge in [0.25, 0.3) is 5.69 Å². The van der Waals surface area contributed by atoms with Crippen molar-refractivity contribution in [1.82, 2.24) is 5.32 Å². The van der Waals surface area contributed by atoms with Gasteiger partial charge in [0.2, 0.25) is 0 Å². The molecule has 1 atom stereocenters. The SMILES string of the molecule is CC(C)C(C)(O)CNC1CCN(c2ccc([N+](=O)[O-])cc2)CC1. The number of anilines is 1. The largest absolute Gasteiger partial charge is 0.389 e. The van der Waals surface area contributed by atoms with Crippen molar-refractivity contribution in [2.45, 2.75) is 45.3 Å². The monoisotopic (exact) mass is 321 g/mol. The molecule has 1 aromatic rings. The highest BCUT2D eigenvalue weighted by atomic mass is 16.6. The lowest BCUT2D eigenvalue weighted by molar-refractivity contribution is -0.384. The molecule has 128 valence electrons. The predicted molar refractivity (Wildman–Crippen MR) is 91.8 cm³/mol. The number of nitro benzene ring substituents is 1. The average molecular weight is 321 g/mol. The molecule has 2 N–H and O–H groups in total. The van der Waals surface area contributed by atoms with Gasteiger partial charge in [-0.1, -0.05) is 13.8 Å². The van der Waals surface area contributed by atoms with Crippen LogP contribution < -0.4 is 10.2 Å². The summed E-state index contributed by atoms with van der Waals surface area (Å²) in [5.74, 6) is 0.218. The summed E-state index contributed by atoms with van der Waals surface area (Å²) < 4.78 is 0. The van der Waals surface area contributed by atoms with E-state index in [4.69, 9.17) is 0 Å². The zero-order valence-corrected chi connectivity index (χ0v) is 14.2. The van der Waals surface area contributed by atoms with Crippen LogP contribution in [0.1, 0.15) is 33.6 Å². The predicted octanol–water partition coefficient (Wildman–Crippen LogP) is 2.56. The lowest BCUT2D eigenvalue weighted by atomic mass is 9.92. The second kappa shape index (κ2) is 7.27. The van der Waals surface area contributed by atoms with Crippen LogP contribution in [0.5, 0.6) is 0 Å². The summed E-state index contributed by atoms with van der Waals surface area (Å²) in [6, 6.07) is 7.15. The van der Waals surface area contributed by atoms with Crippen molar-refractivity contribution in [1.29, 1.82) is 0 Å². The van der Waals surface area contributed by atoms with Crippen LogP contribution in [0.2, 0.25) is 0 Å². The van der Waals surface area contributed by atoms with Gasteiger partial charge < -0.3 is 15.3 Å². The number of benzene rings is 1. The molecule has 6 heteroatoms. The second-order valence-corrected chi connectivity index (χ2v) is 6.93. The first-order chi connectivity index (χ1) is 10.8. The second-order valence-electron chi connectivity index (χ2n) is 6.93. The fourth-order valence-electron chi connectivity index (χ4n) is 2.68. The van der Waals surface area contributed by atoms with E-state index >= 15 is 0 Å². The van der Waals surface area contributed by atoms with Crippen molar-refractivity contribution in [3.63, 3.8) is 0 Å². The van der Waals surface area contributed by atoms with Crippen LogP contribution in [0.4, 0.5) is 11.4 Å². The van der Waals surface area contributed by atoms with Crippen molar-refractivity contribution in [3.05, 3.63) is 34.4 Å². The molecule has 1 fully saturated rings. The van der Waals surface area contributed by atoms with E-state index in [9.17, 15) is 15.2 Å². The highest BCUT2D eigenvalue weighted by molar-refractivity contribution is 5.51. The number of piperidine rings is 1. The molecule has 1 saturated heterocycles. The normalized spacial score (nSPS) is 18.9. The fraction of sp³-hybridized carbons (Fsp3) is 0.647. The molecule has 0 spiro atoms. The first-order valence-electron chi connectivity index (χ1n) is 8.25. The molecule has 6 nitrogen and oxygen atoms in total. The molecule has 0 saturated carbocycles. The number of nitrogens with zero attached hydrogens (tertiary/aromatic N) is 2. The number of hydrogen-bond donors (Lipinski definition) is 2. The quantitative estimate of drug-likeness (QED) is 0.622. The van der Waals surface area contributed by atoms with Crippen LogP contribution in [0, 0.1) is 16.0 Å². The Balaban J connectivity index is 1.83. The highest BCUT2D eigenvalue weighted by Gasteiger charge is 2.27. The molecule has 0 amide bonds. The summed E-state index contributed by atoms with van der Waals surface area (Å²) >= 11 is 0. The lowest BCUT2D eigenvalue weighted by Crippen LogP contribution is -2.49. The van der Waals surface area contributed by atoms with E-state index in [2.05, 4.69) is 10.2 Å². The molecule has 1 aliphatic heterocycles. The first-order valence-corrected chi connectivity index (χ1v) is 8.25. The van der Waals surface area contributed by atoms with Gasteiger partial charge in [-0.2, -0.15) is 0 Å². The summed E-state index contributed by atoms with van der Waals surface area (Å²) in [7, 11) is 0. The Morgan fingerprint density at radius 3 is 2.39 bits per heavy atom. The van der Waals surface area contributed by atoms with Gasteiger partial charge in [0.05, 0.1) is 10.5 Å². The molecule has 2 rings (SSSR count). The maximum Gasteiger partial charge on any atom is 0.269 e. The van der Waals surface area contributed by atoms with Gasteiger partial charge in [-0.05, 0) is 37.8 Å². The van der Waals surface area contributed by atoms with Gasteiger partial charge in [0, 0.05) is 43.5 Å². The Labute approximate surface area is 137 Å². The summed E-state index contributed by atoms with van der Waals surface area (Å²) in [6.45, 7) is 8.36. The molecular formula is C17H27N3O3. The topological polar surface area (TPSA) is 78.6 Å². The van der Waals surface area contributed by atoms with Crippen LogP contribution in [0.3, 0.4) is 0 Å². The van der Waals surface area contributed by atoms with Crippen molar-refractivity contribution < 1.29 is 10.0 Å². The number of non-ortho nitro benzene ring substituents is 1. The van der Waals surface area contributed by atoms with E-state index in [1.165, 1.54) is 0 Å². The zero-order valence-electron chi connectivity index (χ0n) is 14.2. The van der Waals surface area contributed by atoms with E-state index in [1.807, 2.05) is 32.9 Å². The van der Waals surface area contributed by atoms with Gasteiger partial charge in [0.15, 0.2) is 0 Å². The third-order valence-electron chi connectivity index (χ3n) is 4.91. The molecule has 1 aromatic carbocycles. The van der Waals surface area contributed by atoms with E-state index in [-0.39, 0.29) is 16.5 Å². The summed E-state index contributed by atoms with van der Waals surface area (Å²) in [6.07, 6.45) is 2.01. The summed E-state index contributed by atoms with van der Waals surface area (Å²) in [5, 5.41) is 24.5. The number of nitro groups is 1. The Morgan fingerprint density at radius 1 is 1.35 bits per heavy atom. The van der Waals surface area contributed by atoms with Gasteiger partial charge in [0.1, 0.15) is 0 Å². The number of rotatable bonds is 6. The highest BCUT2D eigenvalue weighted by Crippen LogP contribution is 2.23. The molecule has 1 aliphatic rings. The molecular weight excluding hydrogens is 294 g/mol. The summed E-state index contributed by atoms with van der Waals surface area (Å²) in [5.41, 5.74) is 0.472. The van der Waals surface area contributed by atoms with Crippen LogP contribution >= 0.6 is 0 Å². The Kier molecular flexibility index (Phi) is 5.59. The minimum absolute atomic E-state index is 0.126. The van der Waals surface area contributed by atoms with Crippen molar-refractivity contribution in [3.8, 4) is 0 Å². The zero-order chi connectivity index (χ0) is 17.0. The van der Waals surface area contributed by atoms with Crippen LogP contribution in [-0.2, 0) is 0 Å². The van der Waals surface area contributed by atoms with Gasteiger partial charge in [-0.15, -0.1) is 0 Å². The van der Waals surface area contributed by atoms with Crippen LogP contribution in [0.15, 0.2) is 24.3 Å². The number of aliphatic hydroxyl groups is 1. The number of hydrogen-bond acceptors (Lipinski definition) is 5.